The van der Waals surface area contributed by atoms with Gasteiger partial charge in [-0.25, -0.2) is 0 Å². The highest BCUT2D eigenvalue weighted by Crippen LogP contribution is 2.10. The van der Waals surface area contributed by atoms with E-state index in [9.17, 15) is 4.79 Å². The SMILES string of the molecule is CC(C)NC(=O)CN1C[C@@H](C)OC[C@H]1C. The zero-order chi connectivity index (χ0) is 11.4. The molecule has 0 saturated carbocycles. The molecule has 1 aliphatic rings. The molecule has 1 amide bonds. The summed E-state index contributed by atoms with van der Waals surface area (Å²) in [5.74, 6) is 0.103. The third-order valence-electron chi connectivity index (χ3n) is 2.53. The summed E-state index contributed by atoms with van der Waals surface area (Å²) < 4.78 is 5.51. The van der Waals surface area contributed by atoms with Gasteiger partial charge in [0.1, 0.15) is 0 Å². The first-order chi connectivity index (χ1) is 6.99. The Kier molecular flexibility index (Phi) is 4.54. The second-order valence-corrected chi connectivity index (χ2v) is 4.64. The number of amides is 1. The van der Waals surface area contributed by atoms with Gasteiger partial charge in [0.25, 0.3) is 0 Å². The van der Waals surface area contributed by atoms with Crippen LogP contribution in [0.1, 0.15) is 27.7 Å². The quantitative estimate of drug-likeness (QED) is 0.749. The molecule has 0 unspecified atom stereocenters. The maximum Gasteiger partial charge on any atom is 0.234 e. The van der Waals surface area contributed by atoms with E-state index in [0.29, 0.717) is 12.6 Å². The lowest BCUT2D eigenvalue weighted by molar-refractivity contribution is -0.126. The third kappa shape index (κ3) is 4.18. The molecule has 0 aromatic carbocycles. The van der Waals surface area contributed by atoms with E-state index in [1.807, 2.05) is 20.8 Å². The molecule has 0 aromatic rings. The second-order valence-electron chi connectivity index (χ2n) is 4.64. The van der Waals surface area contributed by atoms with E-state index < -0.39 is 0 Å². The number of carbonyl (C=O) groups is 1. The van der Waals surface area contributed by atoms with E-state index in [1.54, 1.807) is 0 Å². The molecule has 1 saturated heterocycles. The van der Waals surface area contributed by atoms with E-state index in [0.717, 1.165) is 13.2 Å². The highest BCUT2D eigenvalue weighted by Gasteiger charge is 2.24. The Morgan fingerprint density at radius 3 is 2.80 bits per heavy atom. The molecular formula is C11H22N2O2. The Labute approximate surface area is 92.0 Å². The van der Waals surface area contributed by atoms with Gasteiger partial charge in [-0.05, 0) is 27.7 Å². The van der Waals surface area contributed by atoms with Crippen LogP contribution in [0.3, 0.4) is 0 Å². The fraction of sp³-hybridized carbons (Fsp3) is 0.909. The summed E-state index contributed by atoms with van der Waals surface area (Å²) in [4.78, 5) is 13.8. The smallest absolute Gasteiger partial charge is 0.234 e. The molecule has 0 spiro atoms. The van der Waals surface area contributed by atoms with Gasteiger partial charge in [0.05, 0.1) is 19.3 Å². The third-order valence-corrected chi connectivity index (χ3v) is 2.53. The van der Waals surface area contributed by atoms with Gasteiger partial charge >= 0.3 is 0 Å². The Hall–Kier alpha value is -0.610. The van der Waals surface area contributed by atoms with Gasteiger partial charge in [-0.15, -0.1) is 0 Å². The number of hydrogen-bond donors (Lipinski definition) is 1. The van der Waals surface area contributed by atoms with E-state index in [4.69, 9.17) is 4.74 Å². The van der Waals surface area contributed by atoms with E-state index in [1.165, 1.54) is 0 Å². The van der Waals surface area contributed by atoms with Crippen molar-refractivity contribution in [1.82, 2.24) is 10.2 Å². The van der Waals surface area contributed by atoms with Crippen LogP contribution in [0, 0.1) is 0 Å². The number of carbonyl (C=O) groups excluding carboxylic acids is 1. The van der Waals surface area contributed by atoms with E-state index in [-0.39, 0.29) is 18.1 Å². The van der Waals surface area contributed by atoms with Crippen LogP contribution in [0.5, 0.6) is 0 Å². The predicted octanol–water partition coefficient (Wildman–Crippen LogP) is 0.620. The van der Waals surface area contributed by atoms with Crippen molar-refractivity contribution < 1.29 is 9.53 Å². The molecule has 1 aliphatic heterocycles. The van der Waals surface area contributed by atoms with Crippen LogP contribution in [0.15, 0.2) is 0 Å². The molecule has 4 nitrogen and oxygen atoms in total. The zero-order valence-electron chi connectivity index (χ0n) is 10.1. The molecule has 1 fully saturated rings. The summed E-state index contributed by atoms with van der Waals surface area (Å²) in [5.41, 5.74) is 0. The van der Waals surface area contributed by atoms with Gasteiger partial charge in [0.2, 0.25) is 5.91 Å². The molecule has 0 bridgehead atoms. The Morgan fingerprint density at radius 1 is 1.53 bits per heavy atom. The number of morpholine rings is 1. The fourth-order valence-electron chi connectivity index (χ4n) is 1.74. The van der Waals surface area contributed by atoms with Gasteiger partial charge in [0.15, 0.2) is 0 Å². The van der Waals surface area contributed by atoms with Crippen molar-refractivity contribution in [2.24, 2.45) is 0 Å². The largest absolute Gasteiger partial charge is 0.376 e. The highest BCUT2D eigenvalue weighted by molar-refractivity contribution is 5.78. The van der Waals surface area contributed by atoms with Crippen molar-refractivity contribution in [2.45, 2.75) is 45.9 Å². The number of hydrogen-bond acceptors (Lipinski definition) is 3. The molecule has 0 radical (unpaired) electrons. The summed E-state index contributed by atoms with van der Waals surface area (Å²) in [7, 11) is 0. The first kappa shape index (κ1) is 12.5. The maximum absolute atomic E-state index is 11.6. The van der Waals surface area contributed by atoms with Crippen LogP contribution in [0.4, 0.5) is 0 Å². The van der Waals surface area contributed by atoms with Gasteiger partial charge in [-0.2, -0.15) is 0 Å². The van der Waals surface area contributed by atoms with Gasteiger partial charge in [-0.3, -0.25) is 9.69 Å². The van der Waals surface area contributed by atoms with E-state index >= 15 is 0 Å². The first-order valence-electron chi connectivity index (χ1n) is 5.64. The molecule has 1 rings (SSSR count). The monoisotopic (exact) mass is 214 g/mol. The number of nitrogens with one attached hydrogen (secondary N) is 1. The van der Waals surface area contributed by atoms with Crippen molar-refractivity contribution in [2.75, 3.05) is 19.7 Å². The molecule has 0 aromatic heterocycles. The van der Waals surface area contributed by atoms with Crippen LogP contribution < -0.4 is 5.32 Å². The minimum Gasteiger partial charge on any atom is -0.376 e. The summed E-state index contributed by atoms with van der Waals surface area (Å²) in [5, 5.41) is 2.90. The fourth-order valence-corrected chi connectivity index (χ4v) is 1.74. The number of ether oxygens (including phenoxy) is 1. The van der Waals surface area contributed by atoms with Crippen molar-refractivity contribution in [3.8, 4) is 0 Å². The first-order valence-corrected chi connectivity index (χ1v) is 5.64. The summed E-state index contributed by atoms with van der Waals surface area (Å²) >= 11 is 0. The Balaban J connectivity index is 2.38. The van der Waals surface area contributed by atoms with Crippen molar-refractivity contribution in [1.29, 1.82) is 0 Å². The lowest BCUT2D eigenvalue weighted by atomic mass is 10.2. The minimum atomic E-state index is 0.103. The number of nitrogens with zero attached hydrogens (tertiary/aromatic N) is 1. The Morgan fingerprint density at radius 2 is 2.20 bits per heavy atom. The second kappa shape index (κ2) is 5.47. The van der Waals surface area contributed by atoms with E-state index in [2.05, 4.69) is 17.1 Å². The van der Waals surface area contributed by atoms with Gasteiger partial charge in [0, 0.05) is 18.6 Å². The molecule has 1 N–H and O–H groups in total. The summed E-state index contributed by atoms with van der Waals surface area (Å²) in [6.07, 6.45) is 0.230. The van der Waals surface area contributed by atoms with Crippen molar-refractivity contribution in [3.05, 3.63) is 0 Å². The lowest BCUT2D eigenvalue weighted by Gasteiger charge is -2.36. The van der Waals surface area contributed by atoms with Crippen molar-refractivity contribution >= 4 is 5.91 Å². The van der Waals surface area contributed by atoms with Gasteiger partial charge in [-0.1, -0.05) is 0 Å². The minimum absolute atomic E-state index is 0.103. The standard InChI is InChI=1S/C11H22N2O2/c1-8(2)12-11(14)6-13-5-10(4)15-7-9(13)3/h8-10H,5-7H2,1-4H3,(H,12,14)/t9-,10-/m1/s1. The summed E-state index contributed by atoms with van der Waals surface area (Å²) in [6, 6.07) is 0.547. The molecular weight excluding hydrogens is 192 g/mol. The van der Waals surface area contributed by atoms with Crippen LogP contribution in [0.2, 0.25) is 0 Å². The average molecular weight is 214 g/mol. The van der Waals surface area contributed by atoms with Crippen molar-refractivity contribution in [3.63, 3.8) is 0 Å². The van der Waals surface area contributed by atoms with Crippen LogP contribution in [-0.4, -0.2) is 48.7 Å². The lowest BCUT2D eigenvalue weighted by Crippen LogP contribution is -2.51. The molecule has 4 heteroatoms. The normalized spacial score (nSPS) is 28.1. The topological polar surface area (TPSA) is 41.6 Å². The molecule has 0 aliphatic carbocycles. The Bertz CT molecular complexity index is 219. The van der Waals surface area contributed by atoms with Crippen LogP contribution in [0.25, 0.3) is 0 Å². The zero-order valence-corrected chi connectivity index (χ0v) is 10.1. The van der Waals surface area contributed by atoms with Crippen LogP contribution in [-0.2, 0) is 9.53 Å². The molecule has 2 atom stereocenters. The molecule has 88 valence electrons. The maximum atomic E-state index is 11.6. The predicted molar refractivity (Wildman–Crippen MR) is 59.7 cm³/mol. The molecule has 1 heterocycles. The highest BCUT2D eigenvalue weighted by atomic mass is 16.5. The summed E-state index contributed by atoms with van der Waals surface area (Å²) in [6.45, 7) is 10.1. The van der Waals surface area contributed by atoms with Gasteiger partial charge < -0.3 is 10.1 Å². The average Bonchev–Trinajstić information content (AvgIpc) is 2.10. The molecule has 15 heavy (non-hydrogen) atoms. The van der Waals surface area contributed by atoms with Crippen LogP contribution >= 0.6 is 0 Å². The number of rotatable bonds is 3.